The van der Waals surface area contributed by atoms with Gasteiger partial charge in [0.25, 0.3) is 5.91 Å². The van der Waals surface area contributed by atoms with E-state index in [1.165, 1.54) is 12.1 Å². The maximum Gasteiger partial charge on any atom is 0.255 e. The molecule has 2 heterocycles. The molecular formula is C25H27FN4O. The van der Waals surface area contributed by atoms with Crippen LogP contribution in [0, 0.1) is 12.7 Å². The lowest BCUT2D eigenvalue weighted by Crippen LogP contribution is -2.31. The Hall–Kier alpha value is -3.25. The van der Waals surface area contributed by atoms with Crippen molar-refractivity contribution in [2.24, 2.45) is 0 Å². The number of nitrogens with zero attached hydrogens (tertiary/aromatic N) is 3. The van der Waals surface area contributed by atoms with Gasteiger partial charge in [0.1, 0.15) is 11.6 Å². The number of aryl methyl sites for hydroxylation is 1. The number of halogens is 1. The Balaban J connectivity index is 1.34. The summed E-state index contributed by atoms with van der Waals surface area (Å²) >= 11 is 0. The van der Waals surface area contributed by atoms with Gasteiger partial charge < -0.3 is 10.2 Å². The normalized spacial score (nSPS) is 14.8. The molecule has 0 spiro atoms. The molecule has 1 aliphatic rings. The zero-order chi connectivity index (χ0) is 21.6. The van der Waals surface area contributed by atoms with Crippen molar-refractivity contribution in [3.8, 4) is 0 Å². The monoisotopic (exact) mass is 418 g/mol. The van der Waals surface area contributed by atoms with Gasteiger partial charge in [-0.15, -0.1) is 0 Å². The topological polar surface area (TPSA) is 48.5 Å². The number of nitrogens with one attached hydrogen (secondary N) is 1. The van der Waals surface area contributed by atoms with Gasteiger partial charge in [-0.2, -0.15) is 0 Å². The van der Waals surface area contributed by atoms with Gasteiger partial charge in [0.15, 0.2) is 0 Å². The molecule has 1 aromatic heterocycles. The number of hydrogen-bond acceptors (Lipinski definition) is 4. The average Bonchev–Trinajstić information content (AvgIpc) is 3.02. The van der Waals surface area contributed by atoms with Crippen LogP contribution < -0.4 is 10.2 Å². The van der Waals surface area contributed by atoms with Crippen molar-refractivity contribution in [2.75, 3.05) is 36.4 Å². The van der Waals surface area contributed by atoms with Gasteiger partial charge in [0, 0.05) is 38.3 Å². The minimum atomic E-state index is -0.199. The quantitative estimate of drug-likeness (QED) is 0.663. The smallest absolute Gasteiger partial charge is 0.255 e. The second-order valence-corrected chi connectivity index (χ2v) is 7.92. The lowest BCUT2D eigenvalue weighted by atomic mass is 10.1. The molecule has 0 aliphatic carbocycles. The van der Waals surface area contributed by atoms with Gasteiger partial charge in [0.05, 0.1) is 11.9 Å². The number of rotatable bonds is 5. The Morgan fingerprint density at radius 3 is 2.55 bits per heavy atom. The predicted molar refractivity (Wildman–Crippen MR) is 122 cm³/mol. The van der Waals surface area contributed by atoms with Crippen molar-refractivity contribution in [3.63, 3.8) is 0 Å². The molecule has 2 aromatic carbocycles. The Bertz CT molecular complexity index is 1020. The largest absolute Gasteiger partial charge is 0.355 e. The first kappa shape index (κ1) is 21.0. The van der Waals surface area contributed by atoms with Crippen LogP contribution in [0.25, 0.3) is 0 Å². The molecule has 1 aliphatic heterocycles. The summed E-state index contributed by atoms with van der Waals surface area (Å²) in [6.45, 7) is 6.48. The van der Waals surface area contributed by atoms with E-state index in [0.717, 1.165) is 56.1 Å². The molecule has 6 heteroatoms. The molecule has 0 atom stereocenters. The summed E-state index contributed by atoms with van der Waals surface area (Å²) in [7, 11) is 0. The zero-order valence-corrected chi connectivity index (χ0v) is 17.7. The van der Waals surface area contributed by atoms with Crippen molar-refractivity contribution in [2.45, 2.75) is 19.9 Å². The lowest BCUT2D eigenvalue weighted by Gasteiger charge is -2.23. The number of hydrogen-bond donors (Lipinski definition) is 1. The molecule has 1 fully saturated rings. The first-order valence-corrected chi connectivity index (χ1v) is 10.6. The van der Waals surface area contributed by atoms with Crippen molar-refractivity contribution in [3.05, 3.63) is 89.4 Å². The molecular weight excluding hydrogens is 391 g/mol. The number of pyridine rings is 1. The van der Waals surface area contributed by atoms with Gasteiger partial charge in [0.2, 0.25) is 0 Å². The number of benzene rings is 2. The van der Waals surface area contributed by atoms with Crippen molar-refractivity contribution in [1.82, 2.24) is 9.88 Å². The zero-order valence-electron chi connectivity index (χ0n) is 17.7. The highest BCUT2D eigenvalue weighted by molar-refractivity contribution is 6.05. The highest BCUT2D eigenvalue weighted by atomic mass is 19.1. The van der Waals surface area contributed by atoms with E-state index in [0.29, 0.717) is 11.3 Å². The highest BCUT2D eigenvalue weighted by Crippen LogP contribution is 2.18. The third kappa shape index (κ3) is 5.47. The minimum Gasteiger partial charge on any atom is -0.355 e. The van der Waals surface area contributed by atoms with Gasteiger partial charge in [-0.1, -0.05) is 30.3 Å². The number of carbonyl (C=O) groups is 1. The van der Waals surface area contributed by atoms with Crippen LogP contribution in [0.5, 0.6) is 0 Å². The van der Waals surface area contributed by atoms with E-state index in [9.17, 15) is 9.18 Å². The first-order chi connectivity index (χ1) is 15.1. The summed E-state index contributed by atoms with van der Waals surface area (Å²) < 4.78 is 13.1. The van der Waals surface area contributed by atoms with Gasteiger partial charge in [-0.05, 0) is 54.8 Å². The van der Waals surface area contributed by atoms with Crippen LogP contribution in [0.3, 0.4) is 0 Å². The molecule has 0 unspecified atom stereocenters. The molecule has 1 saturated heterocycles. The van der Waals surface area contributed by atoms with Gasteiger partial charge in [-0.25, -0.2) is 9.37 Å². The van der Waals surface area contributed by atoms with Gasteiger partial charge in [-0.3, -0.25) is 9.69 Å². The van der Waals surface area contributed by atoms with Crippen LogP contribution in [-0.4, -0.2) is 42.0 Å². The second kappa shape index (κ2) is 9.71. The average molecular weight is 419 g/mol. The van der Waals surface area contributed by atoms with Crippen LogP contribution in [-0.2, 0) is 6.54 Å². The fourth-order valence-corrected chi connectivity index (χ4v) is 3.88. The van der Waals surface area contributed by atoms with Crippen molar-refractivity contribution in [1.29, 1.82) is 0 Å². The molecule has 5 nitrogen and oxygen atoms in total. The van der Waals surface area contributed by atoms with Crippen LogP contribution in [0.2, 0.25) is 0 Å². The van der Waals surface area contributed by atoms with Crippen LogP contribution in [0.4, 0.5) is 15.9 Å². The van der Waals surface area contributed by atoms with Crippen LogP contribution in [0.15, 0.2) is 66.9 Å². The minimum absolute atomic E-state index is 0.126. The number of amides is 1. The number of aromatic nitrogens is 1. The molecule has 31 heavy (non-hydrogen) atoms. The SMILES string of the molecule is Cc1ccccc1C(=O)Nc1ccc(N2CCCN(Cc3ccc(F)cc3)CC2)nc1. The molecule has 0 radical (unpaired) electrons. The fourth-order valence-electron chi connectivity index (χ4n) is 3.88. The lowest BCUT2D eigenvalue weighted by molar-refractivity contribution is 0.102. The maximum atomic E-state index is 13.1. The Morgan fingerprint density at radius 1 is 1.00 bits per heavy atom. The summed E-state index contributed by atoms with van der Waals surface area (Å²) in [6, 6.07) is 18.1. The maximum absolute atomic E-state index is 13.1. The van der Waals surface area contributed by atoms with Crippen LogP contribution >= 0.6 is 0 Å². The number of carbonyl (C=O) groups excluding carboxylic acids is 1. The third-order valence-corrected chi connectivity index (χ3v) is 5.63. The van der Waals surface area contributed by atoms with E-state index < -0.39 is 0 Å². The fraction of sp³-hybridized carbons (Fsp3) is 0.280. The Labute approximate surface area is 182 Å². The van der Waals surface area contributed by atoms with E-state index in [1.54, 1.807) is 6.20 Å². The Kier molecular flexibility index (Phi) is 6.57. The first-order valence-electron chi connectivity index (χ1n) is 10.6. The van der Waals surface area contributed by atoms with Crippen molar-refractivity contribution < 1.29 is 9.18 Å². The Morgan fingerprint density at radius 2 is 1.81 bits per heavy atom. The summed E-state index contributed by atoms with van der Waals surface area (Å²) in [4.78, 5) is 21.7. The molecule has 3 aromatic rings. The second-order valence-electron chi connectivity index (χ2n) is 7.92. The summed E-state index contributed by atoms with van der Waals surface area (Å²) in [5, 5.41) is 2.92. The third-order valence-electron chi connectivity index (χ3n) is 5.63. The summed E-state index contributed by atoms with van der Waals surface area (Å²) in [6.07, 6.45) is 2.75. The van der Waals surface area contributed by atoms with E-state index >= 15 is 0 Å². The molecule has 1 N–H and O–H groups in total. The molecule has 160 valence electrons. The van der Waals surface area contributed by atoms with Gasteiger partial charge >= 0.3 is 0 Å². The van der Waals surface area contributed by atoms with E-state index in [2.05, 4.69) is 20.1 Å². The summed E-state index contributed by atoms with van der Waals surface area (Å²) in [5.41, 5.74) is 3.42. The predicted octanol–water partition coefficient (Wildman–Crippen LogP) is 4.49. The standard InChI is InChI=1S/C25H27FN4O/c1-19-5-2-3-6-23(19)25(31)28-22-11-12-24(27-17-22)30-14-4-13-29(15-16-30)18-20-7-9-21(26)10-8-20/h2-3,5-12,17H,4,13-16,18H2,1H3,(H,28,31). The molecule has 1 amide bonds. The molecule has 4 rings (SSSR count). The van der Waals surface area contributed by atoms with E-state index in [-0.39, 0.29) is 11.7 Å². The van der Waals surface area contributed by atoms with E-state index in [1.807, 2.05) is 55.5 Å². The number of anilines is 2. The van der Waals surface area contributed by atoms with Crippen LogP contribution in [0.1, 0.15) is 27.9 Å². The van der Waals surface area contributed by atoms with Crippen molar-refractivity contribution >= 4 is 17.4 Å². The molecule has 0 bridgehead atoms. The molecule has 0 saturated carbocycles. The van der Waals surface area contributed by atoms with E-state index in [4.69, 9.17) is 0 Å². The summed E-state index contributed by atoms with van der Waals surface area (Å²) in [5.74, 6) is 0.590. The highest BCUT2D eigenvalue weighted by Gasteiger charge is 2.17.